The summed E-state index contributed by atoms with van der Waals surface area (Å²) < 4.78 is 18.1. The van der Waals surface area contributed by atoms with Gasteiger partial charge in [-0.05, 0) is 54.4 Å². The van der Waals surface area contributed by atoms with E-state index in [1.807, 2.05) is 6.92 Å². The summed E-state index contributed by atoms with van der Waals surface area (Å²) in [4.78, 5) is 16.2. The summed E-state index contributed by atoms with van der Waals surface area (Å²) in [5, 5.41) is 1.07. The molecule has 0 aliphatic rings. The van der Waals surface area contributed by atoms with E-state index in [1.54, 1.807) is 30.5 Å². The van der Waals surface area contributed by atoms with Crippen molar-refractivity contribution >= 4 is 28.5 Å². The lowest BCUT2D eigenvalue weighted by Crippen LogP contribution is -2.02. The monoisotopic (exact) mass is 329 g/mol. The van der Waals surface area contributed by atoms with Crippen LogP contribution in [-0.4, -0.2) is 18.1 Å². The zero-order valence-electron chi connectivity index (χ0n) is 12.6. The second-order valence-electron chi connectivity index (χ2n) is 5.16. The first-order chi connectivity index (χ1) is 11.0. The molecule has 0 radical (unpaired) electrons. The number of carbonyl (C=O) groups is 1. The molecule has 5 heteroatoms. The van der Waals surface area contributed by atoms with Crippen LogP contribution in [0.15, 0.2) is 42.6 Å². The highest BCUT2D eigenvalue weighted by Gasteiger charge is 2.14. The Morgan fingerprint density at radius 2 is 1.96 bits per heavy atom. The lowest BCUT2D eigenvalue weighted by molar-refractivity contribution is 0.0601. The number of benzene rings is 2. The maximum absolute atomic E-state index is 13.3. The fourth-order valence-corrected chi connectivity index (χ4v) is 2.88. The first-order valence-corrected chi connectivity index (χ1v) is 7.32. The Balaban J connectivity index is 2.33. The van der Waals surface area contributed by atoms with Crippen LogP contribution in [0.1, 0.15) is 15.9 Å². The molecule has 0 atom stereocenters. The molecule has 0 fully saturated rings. The largest absolute Gasteiger partial charge is 0.465 e. The van der Waals surface area contributed by atoms with E-state index < -0.39 is 11.8 Å². The van der Waals surface area contributed by atoms with E-state index in [2.05, 4.69) is 4.98 Å². The Kier molecular flexibility index (Phi) is 4.01. The van der Waals surface area contributed by atoms with Crippen LogP contribution < -0.4 is 0 Å². The number of methoxy groups -OCH3 is 1. The highest BCUT2D eigenvalue weighted by atomic mass is 35.5. The number of rotatable bonds is 2. The normalized spacial score (nSPS) is 10.8. The topological polar surface area (TPSA) is 39.2 Å². The number of esters is 1. The van der Waals surface area contributed by atoms with Crippen LogP contribution in [-0.2, 0) is 4.74 Å². The highest BCUT2D eigenvalue weighted by molar-refractivity contribution is 6.33. The number of fused-ring (bicyclic) bond motifs is 1. The predicted molar refractivity (Wildman–Crippen MR) is 88.2 cm³/mol. The smallest absolute Gasteiger partial charge is 0.337 e. The van der Waals surface area contributed by atoms with E-state index >= 15 is 0 Å². The van der Waals surface area contributed by atoms with Gasteiger partial charge >= 0.3 is 5.97 Å². The van der Waals surface area contributed by atoms with Gasteiger partial charge in [0.2, 0.25) is 0 Å². The highest BCUT2D eigenvalue weighted by Crippen LogP contribution is 2.34. The summed E-state index contributed by atoms with van der Waals surface area (Å²) >= 11 is 6.18. The minimum Gasteiger partial charge on any atom is -0.465 e. The van der Waals surface area contributed by atoms with E-state index in [0.717, 1.165) is 22.0 Å². The van der Waals surface area contributed by atoms with Crippen molar-refractivity contribution in [3.63, 3.8) is 0 Å². The lowest BCUT2D eigenvalue weighted by atomic mass is 9.97. The third kappa shape index (κ3) is 2.78. The molecular formula is C18H13ClFNO2. The summed E-state index contributed by atoms with van der Waals surface area (Å²) in [5.74, 6) is -0.821. The summed E-state index contributed by atoms with van der Waals surface area (Å²) in [6.45, 7) is 1.87. The first kappa shape index (κ1) is 15.4. The lowest BCUT2D eigenvalue weighted by Gasteiger charge is -2.11. The molecule has 1 heterocycles. The number of nitrogens with zero attached hydrogens (tertiary/aromatic N) is 1. The van der Waals surface area contributed by atoms with Crippen LogP contribution in [0.2, 0.25) is 5.02 Å². The molecule has 116 valence electrons. The number of hydrogen-bond acceptors (Lipinski definition) is 3. The minimum absolute atomic E-state index is 0.304. The van der Waals surface area contributed by atoms with Crippen molar-refractivity contribution < 1.29 is 13.9 Å². The molecule has 0 unspecified atom stereocenters. The molecule has 0 saturated heterocycles. The molecule has 0 spiro atoms. The number of carbonyl (C=O) groups excluding carboxylic acids is 1. The predicted octanol–water partition coefficient (Wildman–Crippen LogP) is 4.79. The molecule has 23 heavy (non-hydrogen) atoms. The SMILES string of the molecule is COC(=O)c1cc(C)c2nccc(-c3ccc(F)cc3Cl)c2c1. The van der Waals surface area contributed by atoms with Crippen molar-refractivity contribution in [2.24, 2.45) is 0 Å². The van der Waals surface area contributed by atoms with Crippen LogP contribution in [0.25, 0.3) is 22.0 Å². The average molecular weight is 330 g/mol. The number of pyridine rings is 1. The molecular weight excluding hydrogens is 317 g/mol. The number of aromatic nitrogens is 1. The summed E-state index contributed by atoms with van der Waals surface area (Å²) in [7, 11) is 1.34. The van der Waals surface area contributed by atoms with Gasteiger partial charge in [-0.2, -0.15) is 0 Å². The van der Waals surface area contributed by atoms with Crippen molar-refractivity contribution in [2.75, 3.05) is 7.11 Å². The van der Waals surface area contributed by atoms with Crippen molar-refractivity contribution in [3.05, 3.63) is 64.6 Å². The second kappa shape index (κ2) is 5.97. The van der Waals surface area contributed by atoms with Crippen LogP contribution >= 0.6 is 11.6 Å². The standard InChI is InChI=1S/C18H13ClFNO2/c1-10-7-11(18(22)23-2)8-15-13(5-6-21-17(10)15)14-4-3-12(20)9-16(14)19/h3-9H,1-2H3. The van der Waals surface area contributed by atoms with E-state index in [0.29, 0.717) is 16.1 Å². The molecule has 0 aliphatic heterocycles. The van der Waals surface area contributed by atoms with Gasteiger partial charge in [0.1, 0.15) is 5.82 Å². The van der Waals surface area contributed by atoms with E-state index in [4.69, 9.17) is 16.3 Å². The molecule has 1 aromatic heterocycles. The molecule has 3 nitrogen and oxygen atoms in total. The van der Waals surface area contributed by atoms with Crippen molar-refractivity contribution in [2.45, 2.75) is 6.92 Å². The number of hydrogen-bond donors (Lipinski definition) is 0. The van der Waals surface area contributed by atoms with Gasteiger partial charge in [-0.15, -0.1) is 0 Å². The Hall–Kier alpha value is -2.46. The molecule has 0 amide bonds. The van der Waals surface area contributed by atoms with Gasteiger partial charge in [0, 0.05) is 17.1 Å². The van der Waals surface area contributed by atoms with Crippen molar-refractivity contribution in [1.82, 2.24) is 4.98 Å². The maximum atomic E-state index is 13.3. The summed E-state index contributed by atoms with van der Waals surface area (Å²) in [5.41, 5.74) is 3.51. The molecule has 3 rings (SSSR count). The van der Waals surface area contributed by atoms with Crippen molar-refractivity contribution in [1.29, 1.82) is 0 Å². The third-order valence-electron chi connectivity index (χ3n) is 3.68. The third-order valence-corrected chi connectivity index (χ3v) is 3.99. The zero-order chi connectivity index (χ0) is 16.6. The fourth-order valence-electron chi connectivity index (χ4n) is 2.61. The van der Waals surface area contributed by atoms with Gasteiger partial charge in [-0.25, -0.2) is 9.18 Å². The fraction of sp³-hybridized carbons (Fsp3) is 0.111. The number of ether oxygens (including phenoxy) is 1. The Morgan fingerprint density at radius 1 is 1.17 bits per heavy atom. The molecule has 2 aromatic carbocycles. The van der Waals surface area contributed by atoms with Crippen LogP contribution in [0, 0.1) is 12.7 Å². The second-order valence-corrected chi connectivity index (χ2v) is 5.57. The van der Waals surface area contributed by atoms with Gasteiger partial charge in [-0.3, -0.25) is 4.98 Å². The number of aryl methyl sites for hydroxylation is 1. The van der Waals surface area contributed by atoms with Crippen LogP contribution in [0.3, 0.4) is 0 Å². The van der Waals surface area contributed by atoms with E-state index in [1.165, 1.54) is 19.2 Å². The minimum atomic E-state index is -0.421. The summed E-state index contributed by atoms with van der Waals surface area (Å²) in [6, 6.07) is 9.48. The Morgan fingerprint density at radius 3 is 2.65 bits per heavy atom. The molecule has 0 saturated carbocycles. The average Bonchev–Trinajstić information content (AvgIpc) is 2.54. The Labute approximate surface area is 137 Å². The van der Waals surface area contributed by atoms with Gasteiger partial charge in [0.25, 0.3) is 0 Å². The van der Waals surface area contributed by atoms with Gasteiger partial charge in [-0.1, -0.05) is 11.6 Å². The molecule has 0 bridgehead atoms. The zero-order valence-corrected chi connectivity index (χ0v) is 13.3. The first-order valence-electron chi connectivity index (χ1n) is 6.94. The van der Waals surface area contributed by atoms with Gasteiger partial charge < -0.3 is 4.74 Å². The Bertz CT molecular complexity index is 924. The molecule has 3 aromatic rings. The quantitative estimate of drug-likeness (QED) is 0.634. The molecule has 0 aliphatic carbocycles. The number of halogens is 2. The van der Waals surface area contributed by atoms with Crippen LogP contribution in [0.4, 0.5) is 4.39 Å². The maximum Gasteiger partial charge on any atom is 0.337 e. The van der Waals surface area contributed by atoms with Crippen LogP contribution in [0.5, 0.6) is 0 Å². The van der Waals surface area contributed by atoms with E-state index in [9.17, 15) is 9.18 Å². The van der Waals surface area contributed by atoms with Gasteiger partial charge in [0.15, 0.2) is 0 Å². The van der Waals surface area contributed by atoms with E-state index in [-0.39, 0.29) is 0 Å². The molecule has 0 N–H and O–H groups in total. The van der Waals surface area contributed by atoms with Crippen molar-refractivity contribution in [3.8, 4) is 11.1 Å². The van der Waals surface area contributed by atoms with Gasteiger partial charge in [0.05, 0.1) is 23.2 Å². The summed E-state index contributed by atoms with van der Waals surface area (Å²) in [6.07, 6.45) is 1.67.